The predicted molar refractivity (Wildman–Crippen MR) is 65.5 cm³/mol. The van der Waals surface area contributed by atoms with Gasteiger partial charge < -0.3 is 20.2 Å². The zero-order chi connectivity index (χ0) is 12.5. The number of nitrogens with one attached hydrogen (secondary N) is 2. The van der Waals surface area contributed by atoms with E-state index in [2.05, 4.69) is 20.7 Å². The topological polar surface area (TPSA) is 94.3 Å². The third-order valence-corrected chi connectivity index (χ3v) is 2.03. The molecular weight excluding hydrogens is 222 g/mol. The summed E-state index contributed by atoms with van der Waals surface area (Å²) in [6.45, 7) is 1.84. The number of hydrogen-bond acceptors (Lipinski definition) is 7. The second-order valence-corrected chi connectivity index (χ2v) is 3.41. The Labute approximate surface area is 101 Å². The first-order valence-corrected chi connectivity index (χ1v) is 5.36. The normalized spacial score (nSPS) is 10.3. The molecule has 1 aromatic heterocycles. The average molecular weight is 241 g/mol. The molecular formula is C10H19N5O2. The highest BCUT2D eigenvalue weighted by molar-refractivity contribution is 5.46. The monoisotopic (exact) mass is 241 g/mol. The van der Waals surface area contributed by atoms with E-state index in [1.54, 1.807) is 20.3 Å². The number of methoxy groups -OCH3 is 2. The second kappa shape index (κ2) is 7.77. The number of rotatable bonds is 8. The summed E-state index contributed by atoms with van der Waals surface area (Å²) in [5.41, 5.74) is 2.50. The number of nitrogen functional groups attached to an aromatic ring is 1. The minimum atomic E-state index is 0.349. The van der Waals surface area contributed by atoms with Crippen LogP contribution >= 0.6 is 0 Å². The van der Waals surface area contributed by atoms with Crippen LogP contribution < -0.4 is 16.6 Å². The van der Waals surface area contributed by atoms with Gasteiger partial charge in [0.1, 0.15) is 18.2 Å². The van der Waals surface area contributed by atoms with Crippen molar-refractivity contribution in [2.75, 3.05) is 38.1 Å². The molecule has 7 nitrogen and oxygen atoms in total. The van der Waals surface area contributed by atoms with Gasteiger partial charge in [-0.25, -0.2) is 15.8 Å². The van der Waals surface area contributed by atoms with Crippen LogP contribution in [0.15, 0.2) is 6.07 Å². The summed E-state index contributed by atoms with van der Waals surface area (Å²) in [7, 11) is 3.27. The van der Waals surface area contributed by atoms with E-state index in [9.17, 15) is 0 Å². The Kier molecular flexibility index (Phi) is 6.23. The van der Waals surface area contributed by atoms with E-state index in [4.69, 9.17) is 15.3 Å². The van der Waals surface area contributed by atoms with Crippen LogP contribution in [-0.4, -0.2) is 37.3 Å². The summed E-state index contributed by atoms with van der Waals surface area (Å²) in [6, 6.07) is 1.74. The summed E-state index contributed by atoms with van der Waals surface area (Å²) in [4.78, 5) is 8.43. The molecule has 0 unspecified atom stereocenters. The summed E-state index contributed by atoms with van der Waals surface area (Å²) in [5.74, 6) is 7.19. The van der Waals surface area contributed by atoms with Gasteiger partial charge in [-0.2, -0.15) is 0 Å². The van der Waals surface area contributed by atoms with E-state index in [0.29, 0.717) is 24.9 Å². The first kappa shape index (κ1) is 13.6. The van der Waals surface area contributed by atoms with Crippen molar-refractivity contribution in [2.45, 2.75) is 13.0 Å². The van der Waals surface area contributed by atoms with Crippen molar-refractivity contribution in [3.8, 4) is 0 Å². The molecule has 7 heteroatoms. The van der Waals surface area contributed by atoms with Gasteiger partial charge in [-0.15, -0.1) is 0 Å². The van der Waals surface area contributed by atoms with Crippen molar-refractivity contribution in [1.82, 2.24) is 9.97 Å². The van der Waals surface area contributed by atoms with Gasteiger partial charge in [0, 0.05) is 33.4 Å². The fourth-order valence-corrected chi connectivity index (χ4v) is 1.29. The maximum absolute atomic E-state index is 5.33. The Morgan fingerprint density at radius 3 is 2.65 bits per heavy atom. The second-order valence-electron chi connectivity index (χ2n) is 3.41. The SMILES string of the molecule is COCCCNc1cc(NN)nc(COC)n1. The van der Waals surface area contributed by atoms with Crippen LogP contribution in [0, 0.1) is 0 Å². The van der Waals surface area contributed by atoms with E-state index in [1.165, 1.54) is 0 Å². The Bertz CT molecular complexity index is 334. The van der Waals surface area contributed by atoms with Crippen LogP contribution in [0.1, 0.15) is 12.2 Å². The minimum Gasteiger partial charge on any atom is -0.385 e. The number of nitrogens with two attached hydrogens (primary N) is 1. The van der Waals surface area contributed by atoms with Gasteiger partial charge in [-0.05, 0) is 6.42 Å². The van der Waals surface area contributed by atoms with Crippen LogP contribution in [0.25, 0.3) is 0 Å². The summed E-state index contributed by atoms with van der Waals surface area (Å²) in [5, 5.41) is 3.17. The summed E-state index contributed by atoms with van der Waals surface area (Å²) in [6.07, 6.45) is 0.908. The highest BCUT2D eigenvalue weighted by Crippen LogP contribution is 2.10. The highest BCUT2D eigenvalue weighted by atomic mass is 16.5. The molecule has 0 radical (unpaired) electrons. The van der Waals surface area contributed by atoms with Gasteiger partial charge in [-0.3, -0.25) is 0 Å². The lowest BCUT2D eigenvalue weighted by molar-refractivity contribution is 0.178. The molecule has 0 aliphatic rings. The number of aromatic nitrogens is 2. The zero-order valence-electron chi connectivity index (χ0n) is 10.2. The molecule has 0 fully saturated rings. The van der Waals surface area contributed by atoms with Gasteiger partial charge in [0.25, 0.3) is 0 Å². The van der Waals surface area contributed by atoms with E-state index < -0.39 is 0 Å². The van der Waals surface area contributed by atoms with Crippen LogP contribution in [0.3, 0.4) is 0 Å². The maximum Gasteiger partial charge on any atom is 0.158 e. The number of anilines is 2. The molecule has 0 saturated heterocycles. The zero-order valence-corrected chi connectivity index (χ0v) is 10.2. The van der Waals surface area contributed by atoms with Crippen molar-refractivity contribution in [1.29, 1.82) is 0 Å². The Hall–Kier alpha value is -1.44. The van der Waals surface area contributed by atoms with Crippen molar-refractivity contribution < 1.29 is 9.47 Å². The van der Waals surface area contributed by atoms with Crippen molar-refractivity contribution in [2.24, 2.45) is 5.84 Å². The van der Waals surface area contributed by atoms with E-state index in [-0.39, 0.29) is 0 Å². The largest absolute Gasteiger partial charge is 0.385 e. The molecule has 0 aliphatic heterocycles. The van der Waals surface area contributed by atoms with Crippen LogP contribution in [0.5, 0.6) is 0 Å². The first-order valence-electron chi connectivity index (χ1n) is 5.36. The predicted octanol–water partition coefficient (Wildman–Crippen LogP) is 0.357. The van der Waals surface area contributed by atoms with E-state index in [0.717, 1.165) is 18.8 Å². The van der Waals surface area contributed by atoms with Gasteiger partial charge in [0.05, 0.1) is 0 Å². The quantitative estimate of drug-likeness (QED) is 0.343. The summed E-state index contributed by atoms with van der Waals surface area (Å²) < 4.78 is 9.95. The minimum absolute atomic E-state index is 0.349. The lowest BCUT2D eigenvalue weighted by Gasteiger charge is -2.09. The molecule has 1 heterocycles. The molecule has 0 atom stereocenters. The number of hydrazine groups is 1. The molecule has 0 amide bonds. The number of hydrogen-bond donors (Lipinski definition) is 3. The highest BCUT2D eigenvalue weighted by Gasteiger charge is 2.03. The molecule has 96 valence electrons. The van der Waals surface area contributed by atoms with Gasteiger partial charge in [0.15, 0.2) is 5.82 Å². The smallest absolute Gasteiger partial charge is 0.158 e. The van der Waals surface area contributed by atoms with Crippen molar-refractivity contribution >= 4 is 11.6 Å². The Balaban J connectivity index is 2.59. The van der Waals surface area contributed by atoms with Crippen LogP contribution in [0.2, 0.25) is 0 Å². The van der Waals surface area contributed by atoms with E-state index >= 15 is 0 Å². The molecule has 0 spiro atoms. The molecule has 0 bridgehead atoms. The number of nitrogens with zero attached hydrogens (tertiary/aromatic N) is 2. The molecule has 17 heavy (non-hydrogen) atoms. The first-order chi connectivity index (χ1) is 8.30. The molecule has 0 saturated carbocycles. The van der Waals surface area contributed by atoms with E-state index in [1.807, 2.05) is 0 Å². The van der Waals surface area contributed by atoms with Crippen LogP contribution in [0.4, 0.5) is 11.6 Å². The standard InChI is InChI=1S/C10H19N5O2/c1-16-5-3-4-12-8-6-9(15-11)14-10(13-8)7-17-2/h6H,3-5,7,11H2,1-2H3,(H2,12,13,14,15). The molecule has 0 aliphatic carbocycles. The lowest BCUT2D eigenvalue weighted by atomic mass is 10.4. The fraction of sp³-hybridized carbons (Fsp3) is 0.600. The van der Waals surface area contributed by atoms with Crippen molar-refractivity contribution in [3.63, 3.8) is 0 Å². The average Bonchev–Trinajstić information content (AvgIpc) is 2.35. The van der Waals surface area contributed by atoms with Gasteiger partial charge in [-0.1, -0.05) is 0 Å². The molecule has 1 rings (SSSR count). The van der Waals surface area contributed by atoms with Crippen molar-refractivity contribution in [3.05, 3.63) is 11.9 Å². The lowest BCUT2D eigenvalue weighted by Crippen LogP contribution is -2.13. The van der Waals surface area contributed by atoms with Crippen LogP contribution in [-0.2, 0) is 16.1 Å². The third-order valence-electron chi connectivity index (χ3n) is 2.03. The molecule has 0 aromatic carbocycles. The number of ether oxygens (including phenoxy) is 2. The molecule has 4 N–H and O–H groups in total. The summed E-state index contributed by atoms with van der Waals surface area (Å²) >= 11 is 0. The van der Waals surface area contributed by atoms with Gasteiger partial charge in [0.2, 0.25) is 0 Å². The Morgan fingerprint density at radius 1 is 1.24 bits per heavy atom. The third kappa shape index (κ3) is 4.94. The fourth-order valence-electron chi connectivity index (χ4n) is 1.29. The van der Waals surface area contributed by atoms with Gasteiger partial charge >= 0.3 is 0 Å². The molecule has 1 aromatic rings. The maximum atomic E-state index is 5.33. The Morgan fingerprint density at radius 2 is 2.00 bits per heavy atom.